The second-order valence-electron chi connectivity index (χ2n) is 3.88. The summed E-state index contributed by atoms with van der Waals surface area (Å²) in [4.78, 5) is 4.26. The molecule has 86 valence electrons. The molecule has 17 heavy (non-hydrogen) atoms. The number of aromatic nitrogens is 3. The summed E-state index contributed by atoms with van der Waals surface area (Å²) in [5.74, 6) is 1.51. The number of halogens is 1. The number of rotatable bonds is 1. The lowest BCUT2D eigenvalue weighted by Crippen LogP contribution is -1.89. The van der Waals surface area contributed by atoms with Gasteiger partial charge in [0.2, 0.25) is 0 Å². The molecular weight excluding hydrogens is 221 g/mol. The molecule has 3 rings (SSSR count). The maximum atomic E-state index is 12.8. The van der Waals surface area contributed by atoms with E-state index in [0.717, 1.165) is 17.0 Å². The van der Waals surface area contributed by atoms with E-state index in [1.165, 1.54) is 12.1 Å². The minimum Gasteiger partial charge on any atom is -0.427 e. The van der Waals surface area contributed by atoms with Gasteiger partial charge in [-0.05, 0) is 38.1 Å². The van der Waals surface area contributed by atoms with Crippen LogP contribution in [0.5, 0.6) is 0 Å². The molecule has 0 unspecified atom stereocenters. The summed E-state index contributed by atoms with van der Waals surface area (Å²) in [5.41, 5.74) is 1.68. The van der Waals surface area contributed by atoms with Crippen molar-refractivity contribution in [3.05, 3.63) is 41.5 Å². The summed E-state index contributed by atoms with van der Waals surface area (Å²) in [6.45, 7) is 3.78. The fourth-order valence-corrected chi connectivity index (χ4v) is 1.66. The minimum atomic E-state index is -0.274. The third-order valence-electron chi connectivity index (χ3n) is 2.75. The Kier molecular flexibility index (Phi) is 2.01. The number of hydrogen-bond donors (Lipinski definition) is 0. The van der Waals surface area contributed by atoms with E-state index in [0.29, 0.717) is 11.7 Å². The van der Waals surface area contributed by atoms with Gasteiger partial charge in [-0.2, -0.15) is 9.50 Å². The highest BCUT2D eigenvalue weighted by molar-refractivity contribution is 5.56. The van der Waals surface area contributed by atoms with E-state index in [4.69, 9.17) is 4.42 Å². The second kappa shape index (κ2) is 3.41. The topological polar surface area (TPSA) is 43.3 Å². The number of nitrogens with zero attached hydrogens (tertiary/aromatic N) is 3. The molecule has 0 spiro atoms. The van der Waals surface area contributed by atoms with Gasteiger partial charge in [-0.15, -0.1) is 5.10 Å². The lowest BCUT2D eigenvalue weighted by molar-refractivity contribution is 0.560. The lowest BCUT2D eigenvalue weighted by atomic mass is 10.2. The first-order chi connectivity index (χ1) is 8.15. The molecule has 0 atom stereocenters. The predicted molar refractivity (Wildman–Crippen MR) is 60.1 cm³/mol. The van der Waals surface area contributed by atoms with Crippen molar-refractivity contribution in [1.82, 2.24) is 14.6 Å². The monoisotopic (exact) mass is 231 g/mol. The van der Waals surface area contributed by atoms with Crippen LogP contribution in [-0.2, 0) is 0 Å². The standard InChI is InChI=1S/C12H10FN3O/c1-7-8(2)17-12-14-11(15-16(7)12)9-3-5-10(13)6-4-9/h3-6H,1-2H3. The van der Waals surface area contributed by atoms with Crippen LogP contribution in [0.1, 0.15) is 11.5 Å². The fraction of sp³-hybridized carbons (Fsp3) is 0.167. The Morgan fingerprint density at radius 3 is 2.53 bits per heavy atom. The molecule has 0 radical (unpaired) electrons. The number of oxazole rings is 1. The Labute approximate surface area is 96.7 Å². The molecule has 2 heterocycles. The maximum Gasteiger partial charge on any atom is 0.325 e. The van der Waals surface area contributed by atoms with E-state index in [1.807, 2.05) is 13.8 Å². The number of fused-ring (bicyclic) bond motifs is 1. The van der Waals surface area contributed by atoms with Gasteiger partial charge in [0.05, 0.1) is 5.69 Å². The van der Waals surface area contributed by atoms with E-state index < -0.39 is 0 Å². The zero-order valence-electron chi connectivity index (χ0n) is 9.44. The Morgan fingerprint density at radius 1 is 1.18 bits per heavy atom. The van der Waals surface area contributed by atoms with Crippen LogP contribution < -0.4 is 0 Å². The molecule has 0 fully saturated rings. The highest BCUT2D eigenvalue weighted by Gasteiger charge is 2.13. The zero-order chi connectivity index (χ0) is 12.0. The maximum absolute atomic E-state index is 12.8. The average molecular weight is 231 g/mol. The smallest absolute Gasteiger partial charge is 0.325 e. The number of aryl methyl sites for hydroxylation is 2. The Morgan fingerprint density at radius 2 is 1.88 bits per heavy atom. The van der Waals surface area contributed by atoms with Gasteiger partial charge in [0.1, 0.15) is 11.6 Å². The van der Waals surface area contributed by atoms with Crippen molar-refractivity contribution in [2.75, 3.05) is 0 Å². The SMILES string of the molecule is Cc1oc2nc(-c3ccc(F)cc3)nn2c1C. The van der Waals surface area contributed by atoms with Gasteiger partial charge >= 0.3 is 5.84 Å². The van der Waals surface area contributed by atoms with Crippen molar-refractivity contribution in [2.45, 2.75) is 13.8 Å². The van der Waals surface area contributed by atoms with Crippen molar-refractivity contribution in [3.63, 3.8) is 0 Å². The molecule has 0 saturated heterocycles. The van der Waals surface area contributed by atoms with Crippen molar-refractivity contribution >= 4 is 5.84 Å². The zero-order valence-corrected chi connectivity index (χ0v) is 9.44. The summed E-state index contributed by atoms with van der Waals surface area (Å²) >= 11 is 0. The summed E-state index contributed by atoms with van der Waals surface area (Å²) in [6.07, 6.45) is 0. The van der Waals surface area contributed by atoms with E-state index in [1.54, 1.807) is 16.6 Å². The van der Waals surface area contributed by atoms with Gasteiger partial charge in [-0.25, -0.2) is 4.39 Å². The van der Waals surface area contributed by atoms with Crippen LogP contribution in [0.2, 0.25) is 0 Å². The van der Waals surface area contributed by atoms with Gasteiger partial charge in [-0.3, -0.25) is 0 Å². The van der Waals surface area contributed by atoms with Gasteiger partial charge in [0.25, 0.3) is 0 Å². The molecule has 1 aromatic carbocycles. The first kappa shape index (κ1) is 10.0. The molecule has 0 N–H and O–H groups in total. The van der Waals surface area contributed by atoms with Crippen LogP contribution in [0.3, 0.4) is 0 Å². The van der Waals surface area contributed by atoms with Crippen LogP contribution in [0.25, 0.3) is 17.2 Å². The summed E-state index contributed by atoms with van der Waals surface area (Å²) in [6, 6.07) is 6.06. The van der Waals surface area contributed by atoms with Crippen LogP contribution in [0.15, 0.2) is 28.7 Å². The molecule has 0 bridgehead atoms. The van der Waals surface area contributed by atoms with E-state index in [2.05, 4.69) is 10.1 Å². The molecule has 0 amide bonds. The summed E-state index contributed by atoms with van der Waals surface area (Å²) in [7, 11) is 0. The highest BCUT2D eigenvalue weighted by Crippen LogP contribution is 2.19. The van der Waals surface area contributed by atoms with Gasteiger partial charge in [0, 0.05) is 5.56 Å². The molecule has 0 saturated carbocycles. The summed E-state index contributed by atoms with van der Waals surface area (Å²) in [5, 5.41) is 4.32. The molecule has 0 aliphatic carbocycles. The van der Waals surface area contributed by atoms with Crippen molar-refractivity contribution in [2.24, 2.45) is 0 Å². The van der Waals surface area contributed by atoms with Gasteiger partial charge in [0.15, 0.2) is 5.82 Å². The largest absolute Gasteiger partial charge is 0.427 e. The van der Waals surface area contributed by atoms with Crippen molar-refractivity contribution in [3.8, 4) is 11.4 Å². The molecule has 5 heteroatoms. The van der Waals surface area contributed by atoms with Crippen molar-refractivity contribution in [1.29, 1.82) is 0 Å². The lowest BCUT2D eigenvalue weighted by Gasteiger charge is -1.94. The van der Waals surface area contributed by atoms with E-state index >= 15 is 0 Å². The third kappa shape index (κ3) is 1.51. The highest BCUT2D eigenvalue weighted by atomic mass is 19.1. The van der Waals surface area contributed by atoms with Crippen LogP contribution >= 0.6 is 0 Å². The molecule has 0 aliphatic heterocycles. The molecular formula is C12H10FN3O. The minimum absolute atomic E-state index is 0.274. The first-order valence-electron chi connectivity index (χ1n) is 5.24. The van der Waals surface area contributed by atoms with Crippen LogP contribution in [-0.4, -0.2) is 14.6 Å². The van der Waals surface area contributed by atoms with Gasteiger partial charge < -0.3 is 4.42 Å². The molecule has 2 aromatic heterocycles. The fourth-order valence-electron chi connectivity index (χ4n) is 1.66. The normalized spacial score (nSPS) is 11.2. The molecule has 4 nitrogen and oxygen atoms in total. The first-order valence-corrected chi connectivity index (χ1v) is 5.24. The third-order valence-corrected chi connectivity index (χ3v) is 2.75. The number of hydrogen-bond acceptors (Lipinski definition) is 3. The quantitative estimate of drug-likeness (QED) is 0.646. The van der Waals surface area contributed by atoms with E-state index in [9.17, 15) is 4.39 Å². The Hall–Kier alpha value is -2.17. The predicted octanol–water partition coefficient (Wildman–Crippen LogP) is 2.75. The van der Waals surface area contributed by atoms with Crippen LogP contribution in [0.4, 0.5) is 4.39 Å². The average Bonchev–Trinajstić information content (AvgIpc) is 2.82. The van der Waals surface area contributed by atoms with E-state index in [-0.39, 0.29) is 5.82 Å². The summed E-state index contributed by atoms with van der Waals surface area (Å²) < 4.78 is 19.9. The van der Waals surface area contributed by atoms with Crippen LogP contribution in [0, 0.1) is 19.7 Å². The van der Waals surface area contributed by atoms with Gasteiger partial charge in [-0.1, -0.05) is 0 Å². The Bertz CT molecular complexity index is 682. The van der Waals surface area contributed by atoms with Crippen molar-refractivity contribution < 1.29 is 8.81 Å². The molecule has 3 aromatic rings. The second-order valence-corrected chi connectivity index (χ2v) is 3.88. The Balaban J connectivity index is 2.15. The molecule has 0 aliphatic rings. The number of benzene rings is 1.